The van der Waals surface area contributed by atoms with Gasteiger partial charge in [0.2, 0.25) is 11.3 Å². The smallest absolute Gasteiger partial charge is 0.240 e. The summed E-state index contributed by atoms with van der Waals surface area (Å²) in [7, 11) is 1.49. The lowest BCUT2D eigenvalue weighted by Crippen LogP contribution is -2.37. The van der Waals surface area contributed by atoms with Gasteiger partial charge in [0.1, 0.15) is 6.54 Å². The van der Waals surface area contributed by atoms with E-state index in [4.69, 9.17) is 4.74 Å². The minimum Gasteiger partial charge on any atom is -0.491 e. The molecule has 3 rings (SSSR count). The minimum atomic E-state index is -0.125. The Balaban J connectivity index is 1.72. The van der Waals surface area contributed by atoms with Crippen molar-refractivity contribution in [2.24, 2.45) is 5.92 Å². The maximum atomic E-state index is 12.5. The van der Waals surface area contributed by atoms with Gasteiger partial charge >= 0.3 is 0 Å². The molecule has 0 spiro atoms. The second-order valence-corrected chi connectivity index (χ2v) is 7.83. The first-order valence-corrected chi connectivity index (χ1v) is 9.84. The SMILES string of the molecule is COc1cn(CC(=O)NC2CCCC2)c(CN2CCC(C)CC2)cc1=O. The van der Waals surface area contributed by atoms with Crippen LogP contribution in [0.4, 0.5) is 0 Å². The van der Waals surface area contributed by atoms with Gasteiger partial charge in [0.25, 0.3) is 0 Å². The Morgan fingerprint density at radius 3 is 2.58 bits per heavy atom. The Morgan fingerprint density at radius 1 is 1.23 bits per heavy atom. The van der Waals surface area contributed by atoms with E-state index in [1.54, 1.807) is 12.3 Å². The maximum Gasteiger partial charge on any atom is 0.240 e. The number of methoxy groups -OCH3 is 1. The Kier molecular flexibility index (Phi) is 6.35. The molecule has 26 heavy (non-hydrogen) atoms. The molecule has 6 nitrogen and oxygen atoms in total. The number of likely N-dealkylation sites (tertiary alicyclic amines) is 1. The van der Waals surface area contributed by atoms with Crippen LogP contribution >= 0.6 is 0 Å². The van der Waals surface area contributed by atoms with Crippen LogP contribution in [0.1, 0.15) is 51.1 Å². The number of pyridine rings is 1. The van der Waals surface area contributed by atoms with E-state index in [2.05, 4.69) is 17.1 Å². The van der Waals surface area contributed by atoms with Gasteiger partial charge in [-0.2, -0.15) is 0 Å². The van der Waals surface area contributed by atoms with Crippen molar-refractivity contribution in [3.8, 4) is 5.75 Å². The zero-order chi connectivity index (χ0) is 18.5. The lowest BCUT2D eigenvalue weighted by Gasteiger charge is -2.31. The lowest BCUT2D eigenvalue weighted by atomic mass is 9.99. The summed E-state index contributed by atoms with van der Waals surface area (Å²) in [6.45, 7) is 5.29. The second kappa shape index (κ2) is 8.71. The molecule has 0 bridgehead atoms. The van der Waals surface area contributed by atoms with Crippen molar-refractivity contribution < 1.29 is 9.53 Å². The van der Waals surface area contributed by atoms with Gasteiger partial charge in [0.05, 0.1) is 13.3 Å². The number of hydrogen-bond donors (Lipinski definition) is 1. The summed E-state index contributed by atoms with van der Waals surface area (Å²) in [5.74, 6) is 1.06. The maximum absolute atomic E-state index is 12.5. The second-order valence-electron chi connectivity index (χ2n) is 7.83. The van der Waals surface area contributed by atoms with E-state index in [1.807, 2.05) is 4.57 Å². The monoisotopic (exact) mass is 361 g/mol. The summed E-state index contributed by atoms with van der Waals surface area (Å²) in [4.78, 5) is 27.1. The average molecular weight is 361 g/mol. The van der Waals surface area contributed by atoms with Gasteiger partial charge in [-0.1, -0.05) is 19.8 Å². The molecular formula is C20H31N3O3. The fourth-order valence-electron chi connectivity index (χ4n) is 3.98. The van der Waals surface area contributed by atoms with Gasteiger partial charge in [-0.05, 0) is 44.7 Å². The van der Waals surface area contributed by atoms with Crippen LogP contribution in [0.2, 0.25) is 0 Å². The summed E-state index contributed by atoms with van der Waals surface area (Å²) in [5, 5.41) is 3.12. The summed E-state index contributed by atoms with van der Waals surface area (Å²) >= 11 is 0. The number of amides is 1. The van der Waals surface area contributed by atoms with E-state index in [0.717, 1.165) is 37.5 Å². The van der Waals surface area contributed by atoms with Crippen molar-refractivity contribution >= 4 is 5.91 Å². The number of rotatable bonds is 6. The molecule has 1 saturated heterocycles. The van der Waals surface area contributed by atoms with Gasteiger partial charge in [-0.15, -0.1) is 0 Å². The molecule has 0 unspecified atom stereocenters. The van der Waals surface area contributed by atoms with E-state index in [0.29, 0.717) is 12.6 Å². The molecule has 0 aromatic carbocycles. The van der Waals surface area contributed by atoms with Gasteiger partial charge in [-0.25, -0.2) is 0 Å². The standard InChI is InChI=1S/C20H31N3O3/c1-15-7-9-22(10-8-15)12-17-11-18(24)19(26-2)13-23(17)14-20(25)21-16-5-3-4-6-16/h11,13,15-16H,3-10,12,14H2,1-2H3,(H,21,25). The highest BCUT2D eigenvalue weighted by molar-refractivity contribution is 5.76. The molecule has 1 amide bonds. The number of hydrogen-bond acceptors (Lipinski definition) is 4. The largest absolute Gasteiger partial charge is 0.491 e. The Morgan fingerprint density at radius 2 is 1.92 bits per heavy atom. The van der Waals surface area contributed by atoms with E-state index >= 15 is 0 Å². The number of carbonyl (C=O) groups is 1. The first-order chi connectivity index (χ1) is 12.5. The fraction of sp³-hybridized carbons (Fsp3) is 0.700. The molecule has 2 aliphatic rings. The van der Waals surface area contributed by atoms with Gasteiger partial charge in [0, 0.05) is 24.3 Å². The number of carbonyl (C=O) groups excluding carboxylic acids is 1. The topological polar surface area (TPSA) is 63.6 Å². The molecule has 1 aliphatic carbocycles. The van der Waals surface area contributed by atoms with Crippen LogP contribution in [0.25, 0.3) is 0 Å². The quantitative estimate of drug-likeness (QED) is 0.843. The molecule has 0 atom stereocenters. The van der Waals surface area contributed by atoms with Gasteiger partial charge in [0.15, 0.2) is 5.75 Å². The molecular weight excluding hydrogens is 330 g/mol. The molecule has 1 N–H and O–H groups in total. The van der Waals surface area contributed by atoms with Crippen molar-refractivity contribution in [1.29, 1.82) is 0 Å². The van der Waals surface area contributed by atoms with Crippen LogP contribution in [-0.2, 0) is 17.9 Å². The van der Waals surface area contributed by atoms with Gasteiger partial charge in [-0.3, -0.25) is 14.5 Å². The average Bonchev–Trinajstić information content (AvgIpc) is 3.12. The molecule has 1 aliphatic heterocycles. The van der Waals surface area contributed by atoms with Crippen LogP contribution in [0.15, 0.2) is 17.1 Å². The number of ether oxygens (including phenoxy) is 1. The van der Waals surface area contributed by atoms with E-state index < -0.39 is 0 Å². The highest BCUT2D eigenvalue weighted by atomic mass is 16.5. The van der Waals surface area contributed by atoms with Crippen LogP contribution < -0.4 is 15.5 Å². The van der Waals surface area contributed by atoms with Crippen molar-refractivity contribution in [3.05, 3.63) is 28.2 Å². The van der Waals surface area contributed by atoms with Crippen LogP contribution in [0.5, 0.6) is 5.75 Å². The minimum absolute atomic E-state index is 0.0103. The zero-order valence-electron chi connectivity index (χ0n) is 16.0. The first-order valence-electron chi connectivity index (χ1n) is 9.84. The molecule has 1 saturated carbocycles. The summed E-state index contributed by atoms with van der Waals surface area (Å²) in [6, 6.07) is 1.93. The Hall–Kier alpha value is -1.82. The Labute approximate surface area is 155 Å². The highest BCUT2D eigenvalue weighted by Crippen LogP contribution is 2.19. The van der Waals surface area contributed by atoms with Crippen molar-refractivity contribution in [1.82, 2.24) is 14.8 Å². The van der Waals surface area contributed by atoms with Gasteiger partial charge < -0.3 is 14.6 Å². The number of nitrogens with zero attached hydrogens (tertiary/aromatic N) is 2. The normalized spacial score (nSPS) is 19.6. The van der Waals surface area contributed by atoms with Crippen LogP contribution in [-0.4, -0.2) is 41.6 Å². The summed E-state index contributed by atoms with van der Waals surface area (Å²) in [6.07, 6.45) is 8.56. The van der Waals surface area contributed by atoms with Crippen molar-refractivity contribution in [2.45, 2.75) is 64.6 Å². The van der Waals surface area contributed by atoms with Crippen LogP contribution in [0, 0.1) is 5.92 Å². The summed E-state index contributed by atoms with van der Waals surface area (Å²) < 4.78 is 7.06. The first kappa shape index (κ1) is 19.0. The zero-order valence-corrected chi connectivity index (χ0v) is 16.0. The third kappa shape index (κ3) is 4.87. The van der Waals surface area contributed by atoms with Crippen molar-refractivity contribution in [3.63, 3.8) is 0 Å². The third-order valence-corrected chi connectivity index (χ3v) is 5.70. The lowest BCUT2D eigenvalue weighted by molar-refractivity contribution is -0.122. The number of nitrogens with one attached hydrogen (secondary N) is 1. The third-order valence-electron chi connectivity index (χ3n) is 5.70. The van der Waals surface area contributed by atoms with Crippen LogP contribution in [0.3, 0.4) is 0 Å². The predicted molar refractivity (Wildman–Crippen MR) is 101 cm³/mol. The highest BCUT2D eigenvalue weighted by Gasteiger charge is 2.20. The molecule has 0 radical (unpaired) electrons. The fourth-order valence-corrected chi connectivity index (χ4v) is 3.98. The number of piperidine rings is 1. The summed E-state index contributed by atoms with van der Waals surface area (Å²) in [5.41, 5.74) is 0.757. The van der Waals surface area contributed by atoms with E-state index in [-0.39, 0.29) is 23.6 Å². The number of aromatic nitrogens is 1. The molecule has 1 aromatic heterocycles. The molecule has 1 aromatic rings. The molecule has 6 heteroatoms. The van der Waals surface area contributed by atoms with Crippen molar-refractivity contribution in [2.75, 3.05) is 20.2 Å². The predicted octanol–water partition coefficient (Wildman–Crippen LogP) is 2.15. The molecule has 144 valence electrons. The Bertz CT molecular complexity index is 671. The molecule has 2 fully saturated rings. The van der Waals surface area contributed by atoms with E-state index in [1.165, 1.54) is 32.8 Å². The molecule has 2 heterocycles. The van der Waals surface area contributed by atoms with E-state index in [9.17, 15) is 9.59 Å².